The maximum atomic E-state index is 12.6. The van der Waals surface area contributed by atoms with Crippen LogP contribution in [0.4, 0.5) is 0 Å². The van der Waals surface area contributed by atoms with Gasteiger partial charge in [0, 0.05) is 11.1 Å². The maximum Gasteiger partial charge on any atom is 0.292 e. The molecule has 0 aliphatic heterocycles. The number of hydrogen-bond donors (Lipinski definition) is 1. The van der Waals surface area contributed by atoms with Gasteiger partial charge in [0.05, 0.1) is 16.8 Å². The Labute approximate surface area is 160 Å². The van der Waals surface area contributed by atoms with Gasteiger partial charge in [-0.2, -0.15) is 10.2 Å². The molecule has 0 aliphatic rings. The van der Waals surface area contributed by atoms with Gasteiger partial charge >= 0.3 is 0 Å². The van der Waals surface area contributed by atoms with Crippen LogP contribution in [0.1, 0.15) is 0 Å². The molecule has 2 aromatic heterocycles. The predicted octanol–water partition coefficient (Wildman–Crippen LogP) is 4.44. The number of rotatable bonds is 3. The standard InChI is InChI=1S/C23H16N4O/c28-23-21-19(20(24-25-23)16-10-4-1-5-11-16)22(17-12-6-2-7-13-17)27(26-21)18-14-8-3-9-15-18/h1-15H,(H,25,28). The fourth-order valence-corrected chi connectivity index (χ4v) is 3.44. The number of para-hydroxylation sites is 1. The lowest BCUT2D eigenvalue weighted by atomic mass is 10.0. The molecule has 28 heavy (non-hydrogen) atoms. The summed E-state index contributed by atoms with van der Waals surface area (Å²) in [6.45, 7) is 0. The van der Waals surface area contributed by atoms with Gasteiger partial charge in [0.1, 0.15) is 5.69 Å². The Bertz CT molecular complexity index is 1310. The van der Waals surface area contributed by atoms with Crippen LogP contribution in [0.5, 0.6) is 0 Å². The van der Waals surface area contributed by atoms with Gasteiger partial charge in [-0.3, -0.25) is 4.79 Å². The molecule has 5 heteroatoms. The molecule has 1 N–H and O–H groups in total. The van der Waals surface area contributed by atoms with Gasteiger partial charge < -0.3 is 0 Å². The van der Waals surface area contributed by atoms with Crippen LogP contribution in [0.25, 0.3) is 39.1 Å². The van der Waals surface area contributed by atoms with Crippen LogP contribution in [0.15, 0.2) is 95.8 Å². The Kier molecular flexibility index (Phi) is 3.84. The van der Waals surface area contributed by atoms with Crippen molar-refractivity contribution < 1.29 is 0 Å². The number of aromatic amines is 1. The highest BCUT2D eigenvalue weighted by molar-refractivity contribution is 6.02. The number of H-pyrrole nitrogens is 1. The number of hydrogen-bond acceptors (Lipinski definition) is 3. The van der Waals surface area contributed by atoms with Crippen LogP contribution in [-0.2, 0) is 0 Å². The minimum Gasteiger partial charge on any atom is -0.265 e. The van der Waals surface area contributed by atoms with Crippen LogP contribution in [0, 0.1) is 0 Å². The lowest BCUT2D eigenvalue weighted by Crippen LogP contribution is -2.09. The molecule has 0 spiro atoms. The van der Waals surface area contributed by atoms with Crippen LogP contribution < -0.4 is 5.56 Å². The van der Waals surface area contributed by atoms with Gasteiger partial charge in [0.2, 0.25) is 0 Å². The van der Waals surface area contributed by atoms with E-state index in [1.54, 1.807) is 0 Å². The third kappa shape index (κ3) is 2.61. The zero-order valence-electron chi connectivity index (χ0n) is 14.9. The molecule has 5 aromatic rings. The summed E-state index contributed by atoms with van der Waals surface area (Å²) in [5, 5.41) is 12.4. The topological polar surface area (TPSA) is 63.6 Å². The van der Waals surface area contributed by atoms with E-state index in [1.165, 1.54) is 0 Å². The predicted molar refractivity (Wildman–Crippen MR) is 110 cm³/mol. The van der Waals surface area contributed by atoms with E-state index in [1.807, 2.05) is 95.7 Å². The van der Waals surface area contributed by atoms with Gasteiger partial charge in [-0.25, -0.2) is 9.78 Å². The number of nitrogens with one attached hydrogen (secondary N) is 1. The molecule has 134 valence electrons. The van der Waals surface area contributed by atoms with Crippen LogP contribution in [0.2, 0.25) is 0 Å². The van der Waals surface area contributed by atoms with Crippen molar-refractivity contribution in [2.24, 2.45) is 0 Å². The second-order valence-corrected chi connectivity index (χ2v) is 6.45. The first-order valence-electron chi connectivity index (χ1n) is 9.00. The van der Waals surface area contributed by atoms with E-state index in [-0.39, 0.29) is 5.56 Å². The lowest BCUT2D eigenvalue weighted by molar-refractivity contribution is 0.898. The quantitative estimate of drug-likeness (QED) is 0.515. The van der Waals surface area contributed by atoms with E-state index < -0.39 is 0 Å². The monoisotopic (exact) mass is 364 g/mol. The van der Waals surface area contributed by atoms with E-state index in [9.17, 15) is 4.79 Å². The SMILES string of the molecule is O=c1[nH]nc(-c2ccccc2)c2c(-c3ccccc3)n(-c3ccccc3)nc12. The molecular weight excluding hydrogens is 348 g/mol. The van der Waals surface area contributed by atoms with E-state index >= 15 is 0 Å². The summed E-state index contributed by atoms with van der Waals surface area (Å²) < 4.78 is 1.82. The summed E-state index contributed by atoms with van der Waals surface area (Å²) >= 11 is 0. The number of nitrogens with zero attached hydrogens (tertiary/aromatic N) is 3. The van der Waals surface area contributed by atoms with E-state index in [0.717, 1.165) is 27.9 Å². The Hall–Kier alpha value is -3.99. The highest BCUT2D eigenvalue weighted by atomic mass is 16.1. The summed E-state index contributed by atoms with van der Waals surface area (Å²) in [4.78, 5) is 12.6. The Morgan fingerprint density at radius 3 is 1.93 bits per heavy atom. The Morgan fingerprint density at radius 2 is 1.29 bits per heavy atom. The Morgan fingerprint density at radius 1 is 0.714 bits per heavy atom. The molecule has 0 saturated carbocycles. The molecule has 0 fully saturated rings. The highest BCUT2D eigenvalue weighted by Gasteiger charge is 2.21. The molecule has 5 nitrogen and oxygen atoms in total. The summed E-state index contributed by atoms with van der Waals surface area (Å²) in [6.07, 6.45) is 0. The van der Waals surface area contributed by atoms with Crippen molar-refractivity contribution >= 4 is 10.9 Å². The minimum absolute atomic E-state index is 0.304. The first-order valence-corrected chi connectivity index (χ1v) is 9.00. The van der Waals surface area contributed by atoms with Gasteiger partial charge in [-0.05, 0) is 12.1 Å². The van der Waals surface area contributed by atoms with Crippen LogP contribution >= 0.6 is 0 Å². The third-order valence-corrected chi connectivity index (χ3v) is 4.70. The van der Waals surface area contributed by atoms with Crippen molar-refractivity contribution in [2.75, 3.05) is 0 Å². The Balaban J connectivity index is 1.95. The van der Waals surface area contributed by atoms with Crippen molar-refractivity contribution in [3.05, 3.63) is 101 Å². The molecular formula is C23H16N4O. The average Bonchev–Trinajstić information content (AvgIpc) is 3.17. The molecule has 0 bridgehead atoms. The molecule has 0 unspecified atom stereocenters. The molecule has 2 heterocycles. The molecule has 0 aliphatic carbocycles. The zero-order chi connectivity index (χ0) is 18.9. The van der Waals surface area contributed by atoms with Crippen molar-refractivity contribution in [2.45, 2.75) is 0 Å². The molecule has 0 amide bonds. The maximum absolute atomic E-state index is 12.6. The molecule has 5 rings (SSSR count). The third-order valence-electron chi connectivity index (χ3n) is 4.70. The largest absolute Gasteiger partial charge is 0.292 e. The van der Waals surface area contributed by atoms with Crippen LogP contribution in [-0.4, -0.2) is 20.0 Å². The first-order chi connectivity index (χ1) is 13.8. The summed E-state index contributed by atoms with van der Waals surface area (Å²) in [6, 6.07) is 29.6. The first kappa shape index (κ1) is 16.2. The average molecular weight is 364 g/mol. The number of benzene rings is 3. The second-order valence-electron chi connectivity index (χ2n) is 6.45. The fraction of sp³-hybridized carbons (Fsp3) is 0. The molecule has 0 radical (unpaired) electrons. The van der Waals surface area contributed by atoms with Crippen molar-refractivity contribution in [3.8, 4) is 28.2 Å². The molecule has 0 atom stereocenters. The van der Waals surface area contributed by atoms with Crippen molar-refractivity contribution in [1.82, 2.24) is 20.0 Å². The van der Waals surface area contributed by atoms with E-state index in [4.69, 9.17) is 0 Å². The van der Waals surface area contributed by atoms with Crippen LogP contribution in [0.3, 0.4) is 0 Å². The van der Waals surface area contributed by atoms with Gasteiger partial charge in [0.15, 0.2) is 5.52 Å². The summed E-state index contributed by atoms with van der Waals surface area (Å²) in [5.74, 6) is 0. The van der Waals surface area contributed by atoms with Gasteiger partial charge in [0.25, 0.3) is 5.56 Å². The molecule has 3 aromatic carbocycles. The molecule has 0 saturated heterocycles. The van der Waals surface area contributed by atoms with Crippen molar-refractivity contribution in [3.63, 3.8) is 0 Å². The van der Waals surface area contributed by atoms with E-state index in [2.05, 4.69) is 15.3 Å². The highest BCUT2D eigenvalue weighted by Crippen LogP contribution is 2.35. The van der Waals surface area contributed by atoms with Gasteiger partial charge in [-0.1, -0.05) is 78.9 Å². The zero-order valence-corrected chi connectivity index (χ0v) is 14.9. The normalized spacial score (nSPS) is 11.0. The smallest absolute Gasteiger partial charge is 0.265 e. The number of fused-ring (bicyclic) bond motifs is 1. The fourth-order valence-electron chi connectivity index (χ4n) is 3.44. The second kappa shape index (κ2) is 6.63. The number of aromatic nitrogens is 4. The minimum atomic E-state index is -0.304. The summed E-state index contributed by atoms with van der Waals surface area (Å²) in [7, 11) is 0. The van der Waals surface area contributed by atoms with Crippen molar-refractivity contribution in [1.29, 1.82) is 0 Å². The lowest BCUT2D eigenvalue weighted by Gasteiger charge is -2.09. The van der Waals surface area contributed by atoms with Gasteiger partial charge in [-0.15, -0.1) is 0 Å². The summed E-state index contributed by atoms with van der Waals surface area (Å²) in [5.41, 5.74) is 4.40. The van der Waals surface area contributed by atoms with E-state index in [0.29, 0.717) is 11.2 Å².